The molecule has 2 rings (SSSR count). The minimum Gasteiger partial charge on any atom is -0.334 e. The van der Waals surface area contributed by atoms with E-state index in [2.05, 4.69) is 10.3 Å². The molecule has 5 nitrogen and oxygen atoms in total. The molecule has 0 aliphatic rings. The summed E-state index contributed by atoms with van der Waals surface area (Å²) < 4.78 is 25.9. The summed E-state index contributed by atoms with van der Waals surface area (Å²) in [4.78, 5) is 13.5. The fraction of sp³-hybridized carbons (Fsp3) is 0. The molecule has 0 fully saturated rings. The zero-order chi connectivity index (χ0) is 13.1. The number of hydrogen-bond acceptors (Lipinski definition) is 4. The van der Waals surface area contributed by atoms with Crippen LogP contribution >= 0.6 is 0 Å². The molecule has 2 aromatic rings. The molecule has 0 atom stereocenters. The van der Waals surface area contributed by atoms with Crippen molar-refractivity contribution in [1.29, 1.82) is 0 Å². The van der Waals surface area contributed by atoms with Gasteiger partial charge in [-0.1, -0.05) is 6.07 Å². The van der Waals surface area contributed by atoms with Crippen molar-refractivity contribution in [3.8, 4) is 0 Å². The van der Waals surface area contributed by atoms with Crippen LogP contribution in [0, 0.1) is 21.9 Å². The quantitative estimate of drug-likeness (QED) is 0.517. The van der Waals surface area contributed by atoms with Crippen LogP contribution in [0.3, 0.4) is 0 Å². The van der Waals surface area contributed by atoms with Crippen LogP contribution in [-0.4, -0.2) is 9.91 Å². The lowest BCUT2D eigenvalue weighted by Crippen LogP contribution is -1.99. The average molecular weight is 251 g/mol. The Morgan fingerprint density at radius 2 is 2.00 bits per heavy atom. The Hall–Kier alpha value is -2.57. The van der Waals surface area contributed by atoms with Crippen molar-refractivity contribution in [3.63, 3.8) is 0 Å². The topological polar surface area (TPSA) is 68.1 Å². The lowest BCUT2D eigenvalue weighted by molar-refractivity contribution is -0.384. The van der Waals surface area contributed by atoms with Gasteiger partial charge in [-0.15, -0.1) is 0 Å². The minimum absolute atomic E-state index is 0.0590. The zero-order valence-corrected chi connectivity index (χ0v) is 8.93. The first-order chi connectivity index (χ1) is 8.56. The number of anilines is 2. The first-order valence-corrected chi connectivity index (χ1v) is 4.90. The number of nitro benzene ring substituents is 1. The summed E-state index contributed by atoms with van der Waals surface area (Å²) in [6.07, 6.45) is 0. The molecule has 0 saturated carbocycles. The van der Waals surface area contributed by atoms with Crippen LogP contribution in [0.5, 0.6) is 0 Å². The lowest BCUT2D eigenvalue weighted by atomic mass is 10.2. The molecule has 0 amide bonds. The highest BCUT2D eigenvalue weighted by Gasteiger charge is 2.15. The van der Waals surface area contributed by atoms with Crippen molar-refractivity contribution >= 4 is 17.2 Å². The SMILES string of the molecule is O=[N+]([O-])c1ccc(F)cc1Nc1cccc(F)n1. The fourth-order valence-corrected chi connectivity index (χ4v) is 1.38. The highest BCUT2D eigenvalue weighted by molar-refractivity contribution is 5.67. The summed E-state index contributed by atoms with van der Waals surface area (Å²) in [6.45, 7) is 0. The van der Waals surface area contributed by atoms with Crippen molar-refractivity contribution in [2.45, 2.75) is 0 Å². The minimum atomic E-state index is -0.737. The average Bonchev–Trinajstić information content (AvgIpc) is 2.28. The van der Waals surface area contributed by atoms with Crippen molar-refractivity contribution < 1.29 is 13.7 Å². The Balaban J connectivity index is 2.39. The van der Waals surface area contributed by atoms with Gasteiger partial charge >= 0.3 is 0 Å². The molecule has 1 aromatic carbocycles. The molecule has 7 heteroatoms. The second-order valence-corrected chi connectivity index (χ2v) is 3.39. The number of hydrogen-bond donors (Lipinski definition) is 1. The van der Waals surface area contributed by atoms with E-state index in [1.807, 2.05) is 0 Å². The van der Waals surface area contributed by atoms with E-state index in [0.29, 0.717) is 0 Å². The van der Waals surface area contributed by atoms with Crippen LogP contribution in [0.25, 0.3) is 0 Å². The summed E-state index contributed by atoms with van der Waals surface area (Å²) in [6, 6.07) is 6.88. The number of rotatable bonds is 3. The van der Waals surface area contributed by atoms with Gasteiger partial charge in [-0.25, -0.2) is 9.37 Å². The fourth-order valence-electron chi connectivity index (χ4n) is 1.38. The molecule has 18 heavy (non-hydrogen) atoms. The molecule has 0 spiro atoms. The molecule has 92 valence electrons. The summed E-state index contributed by atoms with van der Waals surface area (Å²) in [5.41, 5.74) is -0.402. The van der Waals surface area contributed by atoms with Crippen LogP contribution in [0.2, 0.25) is 0 Å². The van der Waals surface area contributed by atoms with E-state index >= 15 is 0 Å². The van der Waals surface area contributed by atoms with Gasteiger partial charge in [0.05, 0.1) is 4.92 Å². The number of benzene rings is 1. The number of pyridine rings is 1. The van der Waals surface area contributed by atoms with Crippen LogP contribution in [0.1, 0.15) is 0 Å². The monoisotopic (exact) mass is 251 g/mol. The maximum atomic E-state index is 13.0. The Bertz CT molecular complexity index is 605. The van der Waals surface area contributed by atoms with Crippen LogP contribution in [0.15, 0.2) is 36.4 Å². The molecular weight excluding hydrogens is 244 g/mol. The number of halogens is 2. The van der Waals surface area contributed by atoms with Gasteiger partial charge in [0.1, 0.15) is 17.3 Å². The van der Waals surface area contributed by atoms with E-state index < -0.39 is 16.7 Å². The Morgan fingerprint density at radius 3 is 2.67 bits per heavy atom. The summed E-state index contributed by atoms with van der Waals surface area (Å²) in [5, 5.41) is 13.2. The van der Waals surface area contributed by atoms with Gasteiger partial charge in [0, 0.05) is 12.1 Å². The van der Waals surface area contributed by atoms with Crippen LogP contribution < -0.4 is 5.32 Å². The predicted octanol–water partition coefficient (Wildman–Crippen LogP) is 3.01. The highest BCUT2D eigenvalue weighted by atomic mass is 19.1. The normalized spacial score (nSPS) is 10.1. The second kappa shape index (κ2) is 4.74. The van der Waals surface area contributed by atoms with E-state index in [1.165, 1.54) is 12.1 Å². The number of nitro groups is 1. The Kier molecular flexibility index (Phi) is 3.13. The lowest BCUT2D eigenvalue weighted by Gasteiger charge is -2.06. The molecule has 1 heterocycles. The van der Waals surface area contributed by atoms with Gasteiger partial charge in [0.15, 0.2) is 0 Å². The molecule has 0 bridgehead atoms. The van der Waals surface area contributed by atoms with Gasteiger partial charge in [-0.3, -0.25) is 10.1 Å². The predicted molar refractivity (Wildman–Crippen MR) is 60.5 cm³/mol. The maximum Gasteiger partial charge on any atom is 0.292 e. The summed E-state index contributed by atoms with van der Waals surface area (Å²) in [5.74, 6) is -1.32. The highest BCUT2D eigenvalue weighted by Crippen LogP contribution is 2.27. The van der Waals surface area contributed by atoms with E-state index in [1.54, 1.807) is 0 Å². The number of nitrogens with one attached hydrogen (secondary N) is 1. The molecule has 0 saturated heterocycles. The molecule has 1 aromatic heterocycles. The Labute approximate surface area is 100 Å². The molecule has 0 radical (unpaired) electrons. The van der Waals surface area contributed by atoms with E-state index in [9.17, 15) is 18.9 Å². The van der Waals surface area contributed by atoms with Gasteiger partial charge < -0.3 is 5.32 Å². The smallest absolute Gasteiger partial charge is 0.292 e. The van der Waals surface area contributed by atoms with Crippen LogP contribution in [0.4, 0.5) is 26.0 Å². The number of aromatic nitrogens is 1. The first kappa shape index (κ1) is 11.9. The van der Waals surface area contributed by atoms with Gasteiger partial charge in [0.25, 0.3) is 5.69 Å². The molecule has 0 aliphatic carbocycles. The molecule has 0 unspecified atom stereocenters. The summed E-state index contributed by atoms with van der Waals surface area (Å²) in [7, 11) is 0. The largest absolute Gasteiger partial charge is 0.334 e. The van der Waals surface area contributed by atoms with E-state index in [-0.39, 0.29) is 17.2 Å². The van der Waals surface area contributed by atoms with E-state index in [0.717, 1.165) is 24.3 Å². The van der Waals surface area contributed by atoms with Gasteiger partial charge in [0.2, 0.25) is 5.95 Å². The number of nitrogens with zero attached hydrogens (tertiary/aromatic N) is 2. The van der Waals surface area contributed by atoms with Gasteiger partial charge in [-0.05, 0) is 18.2 Å². The second-order valence-electron chi connectivity index (χ2n) is 3.39. The van der Waals surface area contributed by atoms with Crippen molar-refractivity contribution in [3.05, 3.63) is 58.3 Å². The maximum absolute atomic E-state index is 13.0. The van der Waals surface area contributed by atoms with Crippen molar-refractivity contribution in [2.24, 2.45) is 0 Å². The van der Waals surface area contributed by atoms with Crippen molar-refractivity contribution in [1.82, 2.24) is 4.98 Å². The molecule has 1 N–H and O–H groups in total. The molecule has 0 aliphatic heterocycles. The van der Waals surface area contributed by atoms with Crippen molar-refractivity contribution in [2.75, 3.05) is 5.32 Å². The van der Waals surface area contributed by atoms with Gasteiger partial charge in [-0.2, -0.15) is 4.39 Å². The zero-order valence-electron chi connectivity index (χ0n) is 8.93. The van der Waals surface area contributed by atoms with Crippen LogP contribution in [-0.2, 0) is 0 Å². The Morgan fingerprint density at radius 1 is 1.22 bits per heavy atom. The van der Waals surface area contributed by atoms with E-state index in [4.69, 9.17) is 0 Å². The summed E-state index contributed by atoms with van der Waals surface area (Å²) >= 11 is 0. The third kappa shape index (κ3) is 2.57. The third-order valence-corrected chi connectivity index (χ3v) is 2.13. The third-order valence-electron chi connectivity index (χ3n) is 2.13. The standard InChI is InChI=1S/C11H7F2N3O2/c12-7-4-5-9(16(17)18)8(6-7)14-11-3-1-2-10(13)15-11/h1-6H,(H,14,15). The molecular formula is C11H7F2N3O2. The first-order valence-electron chi connectivity index (χ1n) is 4.90.